The first-order chi connectivity index (χ1) is 10.1. The summed E-state index contributed by atoms with van der Waals surface area (Å²) in [5.41, 5.74) is -0.343. The predicted octanol–water partition coefficient (Wildman–Crippen LogP) is 4.12. The van der Waals surface area contributed by atoms with Crippen molar-refractivity contribution in [3.05, 3.63) is 53.3 Å². The van der Waals surface area contributed by atoms with Gasteiger partial charge in [-0.2, -0.15) is 5.26 Å². The third-order valence-electron chi connectivity index (χ3n) is 2.71. The highest BCUT2D eigenvalue weighted by atomic mass is 19.2. The molecule has 21 heavy (non-hydrogen) atoms. The summed E-state index contributed by atoms with van der Waals surface area (Å²) in [5.74, 6) is -2.97. The Labute approximate surface area is 119 Å². The lowest BCUT2D eigenvalue weighted by Gasteiger charge is -2.10. The molecular weight excluding hydrogens is 281 g/mol. The largest absolute Gasteiger partial charge is 0.491 e. The van der Waals surface area contributed by atoms with Crippen molar-refractivity contribution in [3.63, 3.8) is 0 Å². The van der Waals surface area contributed by atoms with E-state index in [2.05, 4.69) is 5.32 Å². The third-order valence-corrected chi connectivity index (χ3v) is 2.71. The van der Waals surface area contributed by atoms with Crippen molar-refractivity contribution >= 4 is 11.4 Å². The minimum Gasteiger partial charge on any atom is -0.491 e. The van der Waals surface area contributed by atoms with Crippen LogP contribution in [0.25, 0.3) is 0 Å². The van der Waals surface area contributed by atoms with Gasteiger partial charge in [-0.15, -0.1) is 0 Å². The molecule has 2 aromatic rings. The van der Waals surface area contributed by atoms with Crippen molar-refractivity contribution in [2.75, 3.05) is 11.9 Å². The maximum Gasteiger partial charge on any atom is 0.183 e. The van der Waals surface area contributed by atoms with Crippen LogP contribution in [0, 0.1) is 28.8 Å². The van der Waals surface area contributed by atoms with E-state index in [1.807, 2.05) is 0 Å². The number of hydrogen-bond donors (Lipinski definition) is 1. The zero-order valence-electron chi connectivity index (χ0n) is 11.1. The van der Waals surface area contributed by atoms with Crippen LogP contribution < -0.4 is 10.1 Å². The van der Waals surface area contributed by atoms with Gasteiger partial charge in [0, 0.05) is 11.8 Å². The van der Waals surface area contributed by atoms with E-state index in [0.29, 0.717) is 6.61 Å². The van der Waals surface area contributed by atoms with Crippen molar-refractivity contribution < 1.29 is 17.9 Å². The number of hydrogen-bond acceptors (Lipinski definition) is 3. The first-order valence-electron chi connectivity index (χ1n) is 6.14. The second kappa shape index (κ2) is 6.18. The zero-order valence-corrected chi connectivity index (χ0v) is 11.1. The Morgan fingerprint density at radius 1 is 1.14 bits per heavy atom. The molecule has 0 heterocycles. The number of anilines is 2. The van der Waals surface area contributed by atoms with E-state index in [1.54, 1.807) is 6.92 Å². The predicted molar refractivity (Wildman–Crippen MR) is 71.9 cm³/mol. The monoisotopic (exact) mass is 292 g/mol. The Morgan fingerprint density at radius 3 is 2.52 bits per heavy atom. The van der Waals surface area contributed by atoms with Crippen LogP contribution in [-0.2, 0) is 0 Å². The molecule has 1 N–H and O–H groups in total. The van der Waals surface area contributed by atoms with Gasteiger partial charge in [0.1, 0.15) is 6.07 Å². The van der Waals surface area contributed by atoms with E-state index in [1.165, 1.54) is 24.3 Å². The van der Waals surface area contributed by atoms with Gasteiger partial charge in [-0.1, -0.05) is 0 Å². The Hall–Kier alpha value is -2.68. The molecule has 0 saturated carbocycles. The maximum atomic E-state index is 13.7. The third kappa shape index (κ3) is 3.08. The molecule has 0 atom stereocenters. The molecule has 2 aromatic carbocycles. The summed E-state index contributed by atoms with van der Waals surface area (Å²) >= 11 is 0. The summed E-state index contributed by atoms with van der Waals surface area (Å²) < 4.78 is 45.9. The number of nitriles is 1. The fourth-order valence-corrected chi connectivity index (χ4v) is 1.74. The van der Waals surface area contributed by atoms with Crippen LogP contribution in [0.2, 0.25) is 0 Å². The number of ether oxygens (including phenoxy) is 1. The maximum absolute atomic E-state index is 13.7. The highest BCUT2D eigenvalue weighted by molar-refractivity contribution is 5.62. The first kappa shape index (κ1) is 14.7. The Balaban J connectivity index is 2.29. The molecule has 108 valence electrons. The Kier molecular flexibility index (Phi) is 4.33. The minimum atomic E-state index is -1.24. The SMILES string of the molecule is CCOc1ccc(Nc2ccc(C#N)c(F)c2F)cc1F. The van der Waals surface area contributed by atoms with Crippen LogP contribution in [0.1, 0.15) is 12.5 Å². The van der Waals surface area contributed by atoms with Gasteiger partial charge >= 0.3 is 0 Å². The molecule has 0 bridgehead atoms. The lowest BCUT2D eigenvalue weighted by atomic mass is 10.2. The topological polar surface area (TPSA) is 45.0 Å². The van der Waals surface area contributed by atoms with E-state index in [4.69, 9.17) is 10.00 Å². The van der Waals surface area contributed by atoms with E-state index in [0.717, 1.165) is 12.1 Å². The molecule has 0 spiro atoms. The quantitative estimate of drug-likeness (QED) is 0.922. The van der Waals surface area contributed by atoms with Gasteiger partial charge in [-0.05, 0) is 31.2 Å². The van der Waals surface area contributed by atoms with Crippen molar-refractivity contribution in [2.45, 2.75) is 6.92 Å². The molecule has 0 fully saturated rings. The van der Waals surface area contributed by atoms with Gasteiger partial charge in [0.15, 0.2) is 23.2 Å². The van der Waals surface area contributed by atoms with Crippen LogP contribution in [-0.4, -0.2) is 6.61 Å². The minimum absolute atomic E-state index is 0.0783. The number of halogens is 3. The summed E-state index contributed by atoms with van der Waals surface area (Å²) in [6, 6.07) is 7.87. The summed E-state index contributed by atoms with van der Waals surface area (Å²) in [4.78, 5) is 0. The second-order valence-corrected chi connectivity index (χ2v) is 4.10. The van der Waals surface area contributed by atoms with Crippen molar-refractivity contribution in [2.24, 2.45) is 0 Å². The summed E-state index contributed by atoms with van der Waals surface area (Å²) in [7, 11) is 0. The van der Waals surface area contributed by atoms with Gasteiger partial charge < -0.3 is 10.1 Å². The lowest BCUT2D eigenvalue weighted by molar-refractivity contribution is 0.321. The smallest absolute Gasteiger partial charge is 0.183 e. The summed E-state index contributed by atoms with van der Waals surface area (Å²) in [6.45, 7) is 2.04. The number of benzene rings is 2. The Morgan fingerprint density at radius 2 is 1.90 bits per heavy atom. The van der Waals surface area contributed by atoms with Crippen molar-refractivity contribution in [3.8, 4) is 11.8 Å². The Bertz CT molecular complexity index is 711. The summed E-state index contributed by atoms with van der Waals surface area (Å²) in [6.07, 6.45) is 0. The fourth-order valence-electron chi connectivity index (χ4n) is 1.74. The van der Waals surface area contributed by atoms with Gasteiger partial charge in [0.05, 0.1) is 17.9 Å². The average Bonchev–Trinajstić information content (AvgIpc) is 2.47. The molecule has 3 nitrogen and oxygen atoms in total. The van der Waals surface area contributed by atoms with Gasteiger partial charge in [0.2, 0.25) is 0 Å². The van der Waals surface area contributed by atoms with Crippen LogP contribution in [0.4, 0.5) is 24.5 Å². The summed E-state index contributed by atoms with van der Waals surface area (Å²) in [5, 5.41) is 11.2. The van der Waals surface area contributed by atoms with Gasteiger partial charge in [-0.25, -0.2) is 13.2 Å². The second-order valence-electron chi connectivity index (χ2n) is 4.10. The highest BCUT2D eigenvalue weighted by Crippen LogP contribution is 2.27. The number of rotatable bonds is 4. The normalized spacial score (nSPS) is 10.0. The van der Waals surface area contributed by atoms with Crippen LogP contribution in [0.15, 0.2) is 30.3 Å². The molecule has 2 rings (SSSR count). The molecule has 0 aliphatic carbocycles. The zero-order chi connectivity index (χ0) is 15.4. The van der Waals surface area contributed by atoms with Crippen molar-refractivity contribution in [1.29, 1.82) is 5.26 Å². The average molecular weight is 292 g/mol. The fraction of sp³-hybridized carbons (Fsp3) is 0.133. The molecule has 6 heteroatoms. The molecular formula is C15H11F3N2O. The standard InChI is InChI=1S/C15H11F3N2O/c1-2-21-13-6-4-10(7-11(13)16)20-12-5-3-9(8-19)14(17)15(12)18/h3-7,20H,2H2,1H3. The highest BCUT2D eigenvalue weighted by Gasteiger charge is 2.14. The molecule has 0 unspecified atom stereocenters. The van der Waals surface area contributed by atoms with Crippen molar-refractivity contribution in [1.82, 2.24) is 0 Å². The first-order valence-corrected chi connectivity index (χ1v) is 6.14. The van der Waals surface area contributed by atoms with Crippen LogP contribution >= 0.6 is 0 Å². The van der Waals surface area contributed by atoms with E-state index in [-0.39, 0.29) is 17.1 Å². The van der Waals surface area contributed by atoms with Gasteiger partial charge in [0.25, 0.3) is 0 Å². The molecule has 0 amide bonds. The van der Waals surface area contributed by atoms with Crippen LogP contribution in [0.5, 0.6) is 5.75 Å². The number of nitrogens with zero attached hydrogens (tertiary/aromatic N) is 1. The molecule has 0 aliphatic rings. The molecule has 0 saturated heterocycles. The van der Waals surface area contributed by atoms with E-state index < -0.39 is 23.0 Å². The van der Waals surface area contributed by atoms with Gasteiger partial charge in [-0.3, -0.25) is 0 Å². The van der Waals surface area contributed by atoms with E-state index >= 15 is 0 Å². The van der Waals surface area contributed by atoms with Crippen LogP contribution in [0.3, 0.4) is 0 Å². The lowest BCUT2D eigenvalue weighted by Crippen LogP contribution is -2.00. The van der Waals surface area contributed by atoms with E-state index in [9.17, 15) is 13.2 Å². The molecule has 0 aromatic heterocycles. The molecule has 0 aliphatic heterocycles. The number of nitrogens with one attached hydrogen (secondary N) is 1. The molecule has 0 radical (unpaired) electrons.